The van der Waals surface area contributed by atoms with Gasteiger partial charge < -0.3 is 9.73 Å². The average Bonchev–Trinajstić information content (AvgIpc) is 2.99. The first-order valence-corrected chi connectivity index (χ1v) is 8.45. The van der Waals surface area contributed by atoms with Crippen molar-refractivity contribution in [2.45, 2.75) is 39.3 Å². The highest BCUT2D eigenvalue weighted by Gasteiger charge is 2.36. The lowest BCUT2D eigenvalue weighted by atomic mass is 10.2. The van der Waals surface area contributed by atoms with Gasteiger partial charge in [-0.2, -0.15) is 0 Å². The number of nitrogens with one attached hydrogen (secondary N) is 1. The van der Waals surface area contributed by atoms with E-state index in [2.05, 4.69) is 40.4 Å². The number of hydrogen-bond acceptors (Lipinski definition) is 4. The van der Waals surface area contributed by atoms with Crippen LogP contribution in [-0.2, 0) is 13.1 Å². The van der Waals surface area contributed by atoms with Gasteiger partial charge in [0.2, 0.25) is 0 Å². The van der Waals surface area contributed by atoms with Crippen LogP contribution in [0.15, 0.2) is 47.3 Å². The van der Waals surface area contributed by atoms with Crippen molar-refractivity contribution >= 4 is 0 Å². The Labute approximate surface area is 141 Å². The predicted octanol–water partition coefficient (Wildman–Crippen LogP) is 3.58. The zero-order valence-corrected chi connectivity index (χ0v) is 14.1. The zero-order valence-electron chi connectivity index (χ0n) is 14.1. The van der Waals surface area contributed by atoms with Crippen molar-refractivity contribution in [2.24, 2.45) is 5.92 Å². The molecule has 5 nitrogen and oxygen atoms in total. The van der Waals surface area contributed by atoms with Gasteiger partial charge in [0, 0.05) is 31.1 Å². The number of nitrogens with zero attached hydrogens (tertiary/aromatic N) is 3. The topological polar surface area (TPSA) is 55.9 Å². The average molecular weight is 322 g/mol. The van der Waals surface area contributed by atoms with E-state index in [0.717, 1.165) is 47.7 Å². The molecule has 0 bridgehead atoms. The van der Waals surface area contributed by atoms with Gasteiger partial charge in [-0.3, -0.25) is 4.57 Å². The minimum atomic E-state index is 0.641. The molecule has 1 fully saturated rings. The third kappa shape index (κ3) is 3.12. The fourth-order valence-corrected chi connectivity index (χ4v) is 3.02. The lowest BCUT2D eigenvalue weighted by molar-refractivity contribution is 0.444. The highest BCUT2D eigenvalue weighted by Crippen LogP contribution is 2.47. The van der Waals surface area contributed by atoms with Crippen LogP contribution in [0.1, 0.15) is 42.2 Å². The van der Waals surface area contributed by atoms with Crippen molar-refractivity contribution < 1.29 is 4.42 Å². The molecule has 0 aliphatic heterocycles. The van der Waals surface area contributed by atoms with E-state index in [4.69, 9.17) is 4.42 Å². The van der Waals surface area contributed by atoms with Crippen LogP contribution in [0.5, 0.6) is 0 Å². The fourth-order valence-electron chi connectivity index (χ4n) is 3.02. The van der Waals surface area contributed by atoms with Crippen LogP contribution in [0, 0.1) is 12.8 Å². The molecule has 5 heteroatoms. The van der Waals surface area contributed by atoms with Gasteiger partial charge >= 0.3 is 0 Å². The van der Waals surface area contributed by atoms with E-state index >= 15 is 0 Å². The first kappa shape index (κ1) is 15.1. The number of pyridine rings is 1. The molecule has 1 saturated carbocycles. The van der Waals surface area contributed by atoms with Crippen LogP contribution in [-0.4, -0.2) is 14.5 Å². The van der Waals surface area contributed by atoms with Crippen molar-refractivity contribution in [1.29, 1.82) is 0 Å². The summed E-state index contributed by atoms with van der Waals surface area (Å²) in [5, 5.41) is 3.41. The van der Waals surface area contributed by atoms with Crippen molar-refractivity contribution in [3.05, 3.63) is 65.8 Å². The maximum atomic E-state index is 5.91. The molecule has 3 heterocycles. The summed E-state index contributed by atoms with van der Waals surface area (Å²) < 4.78 is 7.88. The van der Waals surface area contributed by atoms with Crippen molar-refractivity contribution in [2.75, 3.05) is 0 Å². The minimum Gasteiger partial charge on any atom is -0.464 e. The summed E-state index contributed by atoms with van der Waals surface area (Å²) in [6, 6.07) is 8.31. The van der Waals surface area contributed by atoms with E-state index in [1.54, 1.807) is 6.20 Å². The van der Waals surface area contributed by atoms with Gasteiger partial charge in [0.05, 0.1) is 6.54 Å². The van der Waals surface area contributed by atoms with Crippen molar-refractivity contribution in [3.63, 3.8) is 0 Å². The van der Waals surface area contributed by atoms with Gasteiger partial charge in [-0.1, -0.05) is 13.0 Å². The maximum Gasteiger partial charge on any atom is 0.137 e. The molecule has 0 saturated heterocycles. The number of aromatic nitrogens is 3. The molecule has 0 spiro atoms. The summed E-state index contributed by atoms with van der Waals surface area (Å²) in [6.45, 7) is 5.75. The zero-order chi connectivity index (χ0) is 16.5. The van der Waals surface area contributed by atoms with E-state index in [1.165, 1.54) is 6.42 Å². The smallest absolute Gasteiger partial charge is 0.137 e. The molecule has 2 atom stereocenters. The van der Waals surface area contributed by atoms with Gasteiger partial charge in [-0.25, -0.2) is 9.97 Å². The summed E-state index contributed by atoms with van der Waals surface area (Å²) in [7, 11) is 0. The molecular formula is C19H22N4O. The van der Waals surface area contributed by atoms with E-state index in [-0.39, 0.29) is 0 Å². The summed E-state index contributed by atoms with van der Waals surface area (Å²) >= 11 is 0. The van der Waals surface area contributed by atoms with Crippen LogP contribution in [0.4, 0.5) is 0 Å². The highest BCUT2D eigenvalue weighted by molar-refractivity contribution is 5.27. The van der Waals surface area contributed by atoms with E-state index in [1.807, 2.05) is 30.0 Å². The molecule has 3 aromatic rings. The van der Waals surface area contributed by atoms with Crippen LogP contribution in [0.25, 0.3) is 5.82 Å². The molecule has 0 radical (unpaired) electrons. The minimum absolute atomic E-state index is 0.641. The number of rotatable bonds is 6. The van der Waals surface area contributed by atoms with Crippen LogP contribution in [0.3, 0.4) is 0 Å². The van der Waals surface area contributed by atoms with Gasteiger partial charge in [0.25, 0.3) is 0 Å². The Morgan fingerprint density at radius 3 is 2.75 bits per heavy atom. The second kappa shape index (κ2) is 6.24. The lowest BCUT2D eigenvalue weighted by Crippen LogP contribution is -2.12. The van der Waals surface area contributed by atoms with E-state index in [0.29, 0.717) is 5.92 Å². The van der Waals surface area contributed by atoms with Gasteiger partial charge in [-0.15, -0.1) is 0 Å². The van der Waals surface area contributed by atoms with Crippen LogP contribution in [0.2, 0.25) is 0 Å². The molecule has 124 valence electrons. The lowest BCUT2D eigenvalue weighted by Gasteiger charge is -2.06. The Hall–Kier alpha value is -2.40. The van der Waals surface area contributed by atoms with Crippen LogP contribution >= 0.6 is 0 Å². The molecule has 0 amide bonds. The second-order valence-corrected chi connectivity index (χ2v) is 6.60. The first-order valence-electron chi connectivity index (χ1n) is 8.45. The van der Waals surface area contributed by atoms with Gasteiger partial charge in [0.15, 0.2) is 0 Å². The molecule has 0 unspecified atom stereocenters. The van der Waals surface area contributed by atoms with Crippen molar-refractivity contribution in [3.8, 4) is 5.82 Å². The highest BCUT2D eigenvalue weighted by atomic mass is 16.3. The quantitative estimate of drug-likeness (QED) is 0.753. The summed E-state index contributed by atoms with van der Waals surface area (Å²) in [5.41, 5.74) is 1.15. The summed E-state index contributed by atoms with van der Waals surface area (Å²) in [5.74, 6) is 5.39. The standard InChI is InChI=1S/C19H22N4O/c1-13-9-17(13)18-5-4-16(24-18)12-20-10-15-3-6-19(22-11-15)23-8-7-21-14(23)2/h3-8,11,13,17,20H,9-10,12H2,1-2H3/t13-,17-/m0/s1. The Balaban J connectivity index is 1.31. The monoisotopic (exact) mass is 322 g/mol. The molecule has 1 aliphatic carbocycles. The first-order chi connectivity index (χ1) is 11.7. The normalized spacial score (nSPS) is 19.6. The number of imidazole rings is 1. The molecule has 0 aromatic carbocycles. The molecular weight excluding hydrogens is 300 g/mol. The Bertz CT molecular complexity index is 818. The number of aryl methyl sites for hydroxylation is 1. The van der Waals surface area contributed by atoms with E-state index < -0.39 is 0 Å². The number of furan rings is 1. The third-order valence-electron chi connectivity index (χ3n) is 4.67. The molecule has 1 N–H and O–H groups in total. The van der Waals surface area contributed by atoms with Gasteiger partial charge in [0.1, 0.15) is 23.2 Å². The summed E-state index contributed by atoms with van der Waals surface area (Å²) in [6.07, 6.45) is 6.87. The largest absolute Gasteiger partial charge is 0.464 e. The van der Waals surface area contributed by atoms with Gasteiger partial charge in [-0.05, 0) is 43.0 Å². The Morgan fingerprint density at radius 1 is 1.21 bits per heavy atom. The Morgan fingerprint density at radius 2 is 2.08 bits per heavy atom. The fraction of sp³-hybridized carbons (Fsp3) is 0.368. The Kier molecular flexibility index (Phi) is 3.94. The van der Waals surface area contributed by atoms with Crippen molar-refractivity contribution in [1.82, 2.24) is 19.9 Å². The maximum absolute atomic E-state index is 5.91. The molecule has 3 aromatic heterocycles. The molecule has 24 heavy (non-hydrogen) atoms. The van der Waals surface area contributed by atoms with E-state index in [9.17, 15) is 0 Å². The van der Waals surface area contributed by atoms with Crippen LogP contribution < -0.4 is 5.32 Å². The summed E-state index contributed by atoms with van der Waals surface area (Å²) in [4.78, 5) is 8.73. The predicted molar refractivity (Wildman–Crippen MR) is 91.9 cm³/mol. The molecule has 4 rings (SSSR count). The third-order valence-corrected chi connectivity index (χ3v) is 4.67. The second-order valence-electron chi connectivity index (χ2n) is 6.60. The number of hydrogen-bond donors (Lipinski definition) is 1. The molecule has 1 aliphatic rings. The SMILES string of the molecule is Cc1nccn1-c1ccc(CNCc2ccc([C@H]3C[C@@H]3C)o2)cn1.